The zero-order valence-electron chi connectivity index (χ0n) is 11.9. The molecule has 1 aliphatic heterocycles. The maximum absolute atomic E-state index is 12.5. The minimum atomic E-state index is -0.235. The van der Waals surface area contributed by atoms with Crippen LogP contribution in [0, 0.1) is 13.8 Å². The summed E-state index contributed by atoms with van der Waals surface area (Å²) in [5, 5.41) is 7.52. The van der Waals surface area contributed by atoms with Gasteiger partial charge in [0.1, 0.15) is 6.04 Å². The third-order valence-electron chi connectivity index (χ3n) is 3.76. The van der Waals surface area contributed by atoms with Crippen LogP contribution in [0.1, 0.15) is 35.3 Å². The highest BCUT2D eigenvalue weighted by Crippen LogP contribution is 2.30. The molecule has 0 aliphatic carbocycles. The van der Waals surface area contributed by atoms with E-state index < -0.39 is 0 Å². The molecule has 6 heteroatoms. The summed E-state index contributed by atoms with van der Waals surface area (Å²) in [7, 11) is 0. The molecule has 3 rings (SSSR count). The van der Waals surface area contributed by atoms with E-state index in [1.54, 1.807) is 11.3 Å². The van der Waals surface area contributed by atoms with Crippen LogP contribution in [0.3, 0.4) is 0 Å². The van der Waals surface area contributed by atoms with E-state index in [-0.39, 0.29) is 11.9 Å². The molecule has 5 nitrogen and oxygen atoms in total. The lowest BCUT2D eigenvalue weighted by molar-refractivity contribution is -0.139. The van der Waals surface area contributed by atoms with E-state index in [9.17, 15) is 4.79 Å². The summed E-state index contributed by atoms with van der Waals surface area (Å²) in [4.78, 5) is 18.7. The average molecular weight is 290 g/mol. The number of likely N-dealkylation sites (tertiary alicyclic amines) is 1. The van der Waals surface area contributed by atoms with Crippen molar-refractivity contribution in [1.29, 1.82) is 0 Å². The molecule has 0 radical (unpaired) electrons. The Bertz CT molecular complexity index is 613. The van der Waals surface area contributed by atoms with Gasteiger partial charge in [-0.15, -0.1) is 11.3 Å². The van der Waals surface area contributed by atoms with Gasteiger partial charge < -0.3 is 4.90 Å². The van der Waals surface area contributed by atoms with Gasteiger partial charge in [-0.05, 0) is 26.8 Å². The Balaban J connectivity index is 1.64. The summed E-state index contributed by atoms with van der Waals surface area (Å²) in [6.45, 7) is 7.39. The van der Waals surface area contributed by atoms with E-state index in [2.05, 4.69) is 10.1 Å². The summed E-state index contributed by atoms with van der Waals surface area (Å²) in [5.41, 5.74) is 1.98. The molecule has 1 fully saturated rings. The zero-order valence-corrected chi connectivity index (χ0v) is 12.7. The molecule has 0 spiro atoms. The molecule has 106 valence electrons. The first-order chi connectivity index (χ1) is 9.56. The molecule has 1 amide bonds. The molecule has 0 unspecified atom stereocenters. The second-order valence-corrected chi connectivity index (χ2v) is 6.28. The molecule has 20 heavy (non-hydrogen) atoms. The van der Waals surface area contributed by atoms with Gasteiger partial charge in [-0.2, -0.15) is 5.10 Å². The smallest absolute Gasteiger partial charge is 0.247 e. The largest absolute Gasteiger partial charge is 0.339 e. The van der Waals surface area contributed by atoms with E-state index >= 15 is 0 Å². The van der Waals surface area contributed by atoms with Crippen molar-refractivity contribution in [1.82, 2.24) is 19.7 Å². The fourth-order valence-corrected chi connectivity index (χ4v) is 3.38. The molecule has 0 aromatic carbocycles. The van der Waals surface area contributed by atoms with Gasteiger partial charge in [0, 0.05) is 36.3 Å². The van der Waals surface area contributed by atoms with Gasteiger partial charge in [0.05, 0.1) is 10.7 Å². The van der Waals surface area contributed by atoms with Crippen LogP contribution in [0.25, 0.3) is 0 Å². The number of nitrogens with zero attached hydrogens (tertiary/aromatic N) is 4. The Morgan fingerprint density at radius 3 is 2.75 bits per heavy atom. The number of thiazole rings is 1. The number of hydrogen-bond donors (Lipinski definition) is 0. The summed E-state index contributed by atoms with van der Waals surface area (Å²) >= 11 is 1.66. The third-order valence-corrected chi connectivity index (χ3v) is 4.70. The van der Waals surface area contributed by atoms with Crippen molar-refractivity contribution in [2.75, 3.05) is 13.1 Å². The van der Waals surface area contributed by atoms with Crippen molar-refractivity contribution in [3.05, 3.63) is 34.0 Å². The van der Waals surface area contributed by atoms with Crippen molar-refractivity contribution in [2.45, 2.75) is 32.7 Å². The lowest BCUT2D eigenvalue weighted by Gasteiger charge is -2.39. The fraction of sp³-hybridized carbons (Fsp3) is 0.500. The van der Waals surface area contributed by atoms with Crippen molar-refractivity contribution in [3.8, 4) is 0 Å². The Hall–Kier alpha value is -1.69. The molecular weight excluding hydrogens is 272 g/mol. The van der Waals surface area contributed by atoms with Crippen LogP contribution in [0.4, 0.5) is 0 Å². The van der Waals surface area contributed by atoms with Crippen LogP contribution >= 0.6 is 11.3 Å². The minimum Gasteiger partial charge on any atom is -0.339 e. The molecule has 0 bridgehead atoms. The summed E-state index contributed by atoms with van der Waals surface area (Å²) in [6, 6.07) is 1.76. The van der Waals surface area contributed by atoms with E-state index in [4.69, 9.17) is 0 Å². The predicted octanol–water partition coefficient (Wildman–Crippen LogP) is 2.14. The quantitative estimate of drug-likeness (QED) is 0.870. The highest BCUT2D eigenvalue weighted by atomic mass is 32.1. The SMILES string of the molecule is Cc1cc(C)n([C@@H](C)C(=O)N2CC(c3nccs3)C2)n1. The number of aryl methyl sites for hydroxylation is 2. The van der Waals surface area contributed by atoms with Crippen LogP contribution in [-0.4, -0.2) is 38.7 Å². The molecule has 1 aliphatic rings. The van der Waals surface area contributed by atoms with Gasteiger partial charge in [0.2, 0.25) is 5.91 Å². The molecule has 3 heterocycles. The first kappa shape index (κ1) is 13.3. The summed E-state index contributed by atoms with van der Waals surface area (Å²) in [6.07, 6.45) is 1.82. The van der Waals surface area contributed by atoms with Crippen molar-refractivity contribution in [2.24, 2.45) is 0 Å². The average Bonchev–Trinajstić information content (AvgIpc) is 2.96. The lowest BCUT2D eigenvalue weighted by Crippen LogP contribution is -2.50. The topological polar surface area (TPSA) is 51.0 Å². The van der Waals surface area contributed by atoms with E-state index in [0.29, 0.717) is 5.92 Å². The number of aromatic nitrogens is 3. The number of amides is 1. The number of rotatable bonds is 3. The van der Waals surface area contributed by atoms with Crippen LogP contribution in [0.2, 0.25) is 0 Å². The second-order valence-electron chi connectivity index (χ2n) is 5.36. The zero-order chi connectivity index (χ0) is 14.3. The van der Waals surface area contributed by atoms with Crippen molar-refractivity contribution >= 4 is 17.2 Å². The van der Waals surface area contributed by atoms with E-state index in [1.165, 1.54) is 0 Å². The maximum Gasteiger partial charge on any atom is 0.247 e. The fourth-order valence-electron chi connectivity index (χ4n) is 2.66. The first-order valence-corrected chi connectivity index (χ1v) is 7.65. The van der Waals surface area contributed by atoms with E-state index in [0.717, 1.165) is 29.5 Å². The van der Waals surface area contributed by atoms with Gasteiger partial charge in [0.25, 0.3) is 0 Å². The molecule has 2 aromatic rings. The molecule has 0 N–H and O–H groups in total. The Labute approximate surface area is 122 Å². The van der Waals surface area contributed by atoms with Gasteiger partial charge in [0.15, 0.2) is 0 Å². The van der Waals surface area contributed by atoms with Gasteiger partial charge in [-0.25, -0.2) is 4.98 Å². The molecule has 0 saturated carbocycles. The predicted molar refractivity (Wildman–Crippen MR) is 77.8 cm³/mol. The monoisotopic (exact) mass is 290 g/mol. The normalized spacial score (nSPS) is 17.1. The Morgan fingerprint density at radius 1 is 1.45 bits per heavy atom. The molecule has 2 aromatic heterocycles. The van der Waals surface area contributed by atoms with Crippen LogP contribution < -0.4 is 0 Å². The highest BCUT2D eigenvalue weighted by molar-refractivity contribution is 7.09. The first-order valence-electron chi connectivity index (χ1n) is 6.77. The van der Waals surface area contributed by atoms with E-state index in [1.807, 2.05) is 48.0 Å². The van der Waals surface area contributed by atoms with Crippen molar-refractivity contribution in [3.63, 3.8) is 0 Å². The lowest BCUT2D eigenvalue weighted by atomic mass is 10.00. The molecular formula is C14H18N4OS. The highest BCUT2D eigenvalue weighted by Gasteiger charge is 2.36. The Kier molecular flexibility index (Phi) is 3.33. The van der Waals surface area contributed by atoms with Crippen LogP contribution in [0.15, 0.2) is 17.6 Å². The third kappa shape index (κ3) is 2.24. The van der Waals surface area contributed by atoms with Crippen LogP contribution in [0.5, 0.6) is 0 Å². The van der Waals surface area contributed by atoms with Crippen molar-refractivity contribution < 1.29 is 4.79 Å². The summed E-state index contributed by atoms with van der Waals surface area (Å²) in [5.74, 6) is 0.551. The molecule has 1 saturated heterocycles. The summed E-state index contributed by atoms with van der Waals surface area (Å²) < 4.78 is 1.81. The van der Waals surface area contributed by atoms with Gasteiger partial charge >= 0.3 is 0 Å². The standard InChI is InChI=1S/C14H18N4OS/c1-9-6-10(2)18(16-9)11(3)14(19)17-7-12(8-17)13-15-4-5-20-13/h4-6,11-12H,7-8H2,1-3H3/t11-/m0/s1. The van der Waals surface area contributed by atoms with Gasteiger partial charge in [-0.1, -0.05) is 0 Å². The number of hydrogen-bond acceptors (Lipinski definition) is 4. The number of carbonyl (C=O) groups is 1. The molecule has 1 atom stereocenters. The Morgan fingerprint density at radius 2 is 2.20 bits per heavy atom. The maximum atomic E-state index is 12.5. The number of carbonyl (C=O) groups excluding carboxylic acids is 1. The van der Waals surface area contributed by atoms with Gasteiger partial charge in [-0.3, -0.25) is 9.48 Å². The second kappa shape index (κ2) is 5.01. The minimum absolute atomic E-state index is 0.143. The van der Waals surface area contributed by atoms with Crippen LogP contribution in [-0.2, 0) is 4.79 Å².